The van der Waals surface area contributed by atoms with Gasteiger partial charge in [0.2, 0.25) is 0 Å². The summed E-state index contributed by atoms with van der Waals surface area (Å²) in [7, 11) is 0. The lowest BCUT2D eigenvalue weighted by Crippen LogP contribution is -2.54. The van der Waals surface area contributed by atoms with E-state index in [9.17, 15) is 14.7 Å². The van der Waals surface area contributed by atoms with E-state index in [1.54, 1.807) is 13.0 Å². The van der Waals surface area contributed by atoms with E-state index in [2.05, 4.69) is 21.2 Å². The Bertz CT molecular complexity index is 1060. The van der Waals surface area contributed by atoms with Crippen LogP contribution < -0.4 is 15.0 Å². The fourth-order valence-electron chi connectivity index (χ4n) is 2.93. The predicted molar refractivity (Wildman–Crippen MR) is 119 cm³/mol. The molecule has 1 heterocycles. The second kappa shape index (κ2) is 8.34. The van der Waals surface area contributed by atoms with Crippen LogP contribution in [0, 0.1) is 13.8 Å². The van der Waals surface area contributed by atoms with Crippen LogP contribution >= 0.6 is 28.1 Å². The molecule has 0 bridgehead atoms. The standard InChI is InChI=1S/C21H19BrN2O4S/c1-4-28-18-9-13(15(22)10-17(18)25)8-14-19(26)23-21(29)24(20(14)27)16-7-11(2)5-6-12(16)3/h5-10,25H,4H2,1-3H3,(H,23,26,29). The molecule has 1 saturated heterocycles. The zero-order valence-electron chi connectivity index (χ0n) is 16.1. The molecule has 8 heteroatoms. The van der Waals surface area contributed by atoms with E-state index >= 15 is 0 Å². The Balaban J connectivity index is 2.09. The monoisotopic (exact) mass is 474 g/mol. The molecule has 1 fully saturated rings. The van der Waals surface area contributed by atoms with Gasteiger partial charge in [0.1, 0.15) is 5.57 Å². The van der Waals surface area contributed by atoms with Gasteiger partial charge in [-0.3, -0.25) is 19.8 Å². The van der Waals surface area contributed by atoms with Gasteiger partial charge >= 0.3 is 0 Å². The van der Waals surface area contributed by atoms with Crippen molar-refractivity contribution >= 4 is 56.8 Å². The normalized spacial score (nSPS) is 15.7. The van der Waals surface area contributed by atoms with E-state index in [0.717, 1.165) is 11.1 Å². The van der Waals surface area contributed by atoms with Crippen molar-refractivity contribution in [2.24, 2.45) is 0 Å². The summed E-state index contributed by atoms with van der Waals surface area (Å²) in [6.45, 7) is 5.94. The Labute approximate surface area is 182 Å². The smallest absolute Gasteiger partial charge is 0.270 e. The summed E-state index contributed by atoms with van der Waals surface area (Å²) in [6, 6.07) is 8.69. The van der Waals surface area contributed by atoms with Crippen molar-refractivity contribution in [3.63, 3.8) is 0 Å². The minimum Gasteiger partial charge on any atom is -0.504 e. The Morgan fingerprint density at radius 1 is 1.24 bits per heavy atom. The first-order chi connectivity index (χ1) is 13.7. The third-order valence-electron chi connectivity index (χ3n) is 4.39. The number of nitrogens with one attached hydrogen (secondary N) is 1. The number of nitrogens with zero attached hydrogens (tertiary/aromatic N) is 1. The number of phenols is 1. The minimum absolute atomic E-state index is 0.0330. The molecular formula is C21H19BrN2O4S. The van der Waals surface area contributed by atoms with E-state index in [1.807, 2.05) is 32.0 Å². The van der Waals surface area contributed by atoms with Crippen LogP contribution in [0.3, 0.4) is 0 Å². The maximum absolute atomic E-state index is 13.2. The second-order valence-electron chi connectivity index (χ2n) is 6.52. The van der Waals surface area contributed by atoms with Crippen LogP contribution in [-0.2, 0) is 9.59 Å². The largest absolute Gasteiger partial charge is 0.504 e. The van der Waals surface area contributed by atoms with E-state index < -0.39 is 11.8 Å². The molecule has 0 aromatic heterocycles. The molecule has 29 heavy (non-hydrogen) atoms. The van der Waals surface area contributed by atoms with Crippen molar-refractivity contribution in [1.29, 1.82) is 0 Å². The van der Waals surface area contributed by atoms with Gasteiger partial charge in [0.15, 0.2) is 16.6 Å². The minimum atomic E-state index is -0.584. The van der Waals surface area contributed by atoms with Gasteiger partial charge in [-0.25, -0.2) is 0 Å². The van der Waals surface area contributed by atoms with Crippen LogP contribution in [0.25, 0.3) is 6.08 Å². The number of anilines is 1. The van der Waals surface area contributed by atoms with Gasteiger partial charge in [-0.05, 0) is 74.0 Å². The average molecular weight is 475 g/mol. The number of benzene rings is 2. The van der Waals surface area contributed by atoms with E-state index in [0.29, 0.717) is 22.3 Å². The number of carbonyl (C=O) groups is 2. The van der Waals surface area contributed by atoms with Crippen LogP contribution in [0.2, 0.25) is 0 Å². The summed E-state index contributed by atoms with van der Waals surface area (Å²) < 4.78 is 5.91. The van der Waals surface area contributed by atoms with Crippen molar-refractivity contribution in [2.75, 3.05) is 11.5 Å². The van der Waals surface area contributed by atoms with Crippen molar-refractivity contribution in [1.82, 2.24) is 5.32 Å². The van der Waals surface area contributed by atoms with Crippen LogP contribution in [0.1, 0.15) is 23.6 Å². The zero-order chi connectivity index (χ0) is 21.3. The van der Waals surface area contributed by atoms with Crippen molar-refractivity contribution in [3.05, 3.63) is 57.1 Å². The van der Waals surface area contributed by atoms with Crippen molar-refractivity contribution < 1.29 is 19.4 Å². The maximum atomic E-state index is 13.2. The van der Waals surface area contributed by atoms with Gasteiger partial charge in [-0.2, -0.15) is 0 Å². The first-order valence-electron chi connectivity index (χ1n) is 8.87. The number of amides is 2. The van der Waals surface area contributed by atoms with E-state index in [-0.39, 0.29) is 22.2 Å². The summed E-state index contributed by atoms with van der Waals surface area (Å²) in [6.07, 6.45) is 1.45. The Kier molecular flexibility index (Phi) is 6.04. The molecule has 1 aliphatic heterocycles. The Morgan fingerprint density at radius 2 is 1.97 bits per heavy atom. The number of thiocarbonyl (C=S) groups is 1. The maximum Gasteiger partial charge on any atom is 0.270 e. The number of phenolic OH excluding ortho intramolecular Hbond substituents is 1. The lowest BCUT2D eigenvalue weighted by atomic mass is 10.0. The number of aryl methyl sites for hydroxylation is 2. The second-order valence-corrected chi connectivity index (χ2v) is 7.76. The van der Waals surface area contributed by atoms with Crippen molar-refractivity contribution in [2.45, 2.75) is 20.8 Å². The van der Waals surface area contributed by atoms with Crippen LogP contribution in [-0.4, -0.2) is 28.6 Å². The van der Waals surface area contributed by atoms with Gasteiger partial charge in [0.05, 0.1) is 12.3 Å². The summed E-state index contributed by atoms with van der Waals surface area (Å²) >= 11 is 8.62. The average Bonchev–Trinajstić information content (AvgIpc) is 2.64. The first-order valence-corrected chi connectivity index (χ1v) is 10.1. The van der Waals surface area contributed by atoms with Gasteiger partial charge in [-0.1, -0.05) is 28.1 Å². The van der Waals surface area contributed by atoms with Gasteiger partial charge in [-0.15, -0.1) is 0 Å². The van der Waals surface area contributed by atoms with Gasteiger partial charge in [0.25, 0.3) is 11.8 Å². The Hall–Kier alpha value is -2.71. The third kappa shape index (κ3) is 4.18. The summed E-state index contributed by atoms with van der Waals surface area (Å²) in [5, 5.41) is 12.6. The molecule has 0 radical (unpaired) electrons. The molecule has 0 atom stereocenters. The molecular weight excluding hydrogens is 456 g/mol. The van der Waals surface area contributed by atoms with E-state index in [4.69, 9.17) is 17.0 Å². The highest BCUT2D eigenvalue weighted by molar-refractivity contribution is 9.10. The topological polar surface area (TPSA) is 78.9 Å². The fraction of sp³-hybridized carbons (Fsp3) is 0.190. The summed E-state index contributed by atoms with van der Waals surface area (Å²) in [4.78, 5) is 27.1. The SMILES string of the molecule is CCOc1cc(C=C2C(=O)NC(=S)N(c3cc(C)ccc3C)C2=O)c(Br)cc1O. The quantitative estimate of drug-likeness (QED) is 0.397. The molecule has 2 aromatic rings. The number of hydrogen-bond acceptors (Lipinski definition) is 5. The highest BCUT2D eigenvalue weighted by Gasteiger charge is 2.35. The molecule has 2 N–H and O–H groups in total. The number of hydrogen-bond donors (Lipinski definition) is 2. The molecule has 0 aliphatic carbocycles. The van der Waals surface area contributed by atoms with Crippen molar-refractivity contribution in [3.8, 4) is 11.5 Å². The molecule has 6 nitrogen and oxygen atoms in total. The lowest BCUT2D eigenvalue weighted by molar-refractivity contribution is -0.122. The molecule has 3 rings (SSSR count). The highest BCUT2D eigenvalue weighted by atomic mass is 79.9. The highest BCUT2D eigenvalue weighted by Crippen LogP contribution is 2.34. The lowest BCUT2D eigenvalue weighted by Gasteiger charge is -2.30. The number of ether oxygens (including phenoxy) is 1. The first kappa shape index (κ1) is 21.0. The number of halogens is 1. The molecule has 0 spiro atoms. The van der Waals surface area contributed by atoms with Crippen LogP contribution in [0.5, 0.6) is 11.5 Å². The van der Waals surface area contributed by atoms with Gasteiger partial charge in [0, 0.05) is 4.47 Å². The van der Waals surface area contributed by atoms with Crippen LogP contribution in [0.4, 0.5) is 5.69 Å². The van der Waals surface area contributed by atoms with Gasteiger partial charge < -0.3 is 9.84 Å². The molecule has 1 aliphatic rings. The van der Waals surface area contributed by atoms with E-state index in [1.165, 1.54) is 17.0 Å². The summed E-state index contributed by atoms with van der Waals surface area (Å²) in [5.74, 6) is -0.892. The predicted octanol–water partition coefficient (Wildman–Crippen LogP) is 4.00. The number of rotatable bonds is 4. The zero-order valence-corrected chi connectivity index (χ0v) is 18.5. The molecule has 0 saturated carbocycles. The summed E-state index contributed by atoms with van der Waals surface area (Å²) in [5.41, 5.74) is 2.87. The molecule has 2 amide bonds. The third-order valence-corrected chi connectivity index (χ3v) is 5.36. The number of carbonyl (C=O) groups excluding carboxylic acids is 2. The molecule has 2 aromatic carbocycles. The Morgan fingerprint density at radius 3 is 2.66 bits per heavy atom. The number of aromatic hydroxyl groups is 1. The molecule has 150 valence electrons. The fourth-order valence-corrected chi connectivity index (χ4v) is 3.65. The van der Waals surface area contributed by atoms with Crippen LogP contribution in [0.15, 0.2) is 40.4 Å². The molecule has 0 unspecified atom stereocenters.